The Morgan fingerprint density at radius 1 is 1.21 bits per heavy atom. The van der Waals surface area contributed by atoms with Crippen molar-refractivity contribution >= 4 is 11.6 Å². The van der Waals surface area contributed by atoms with Gasteiger partial charge in [0.05, 0.1) is 25.8 Å². The van der Waals surface area contributed by atoms with Crippen molar-refractivity contribution in [2.75, 3.05) is 32.2 Å². The molecule has 0 aliphatic carbocycles. The lowest BCUT2D eigenvalue weighted by atomic mass is 9.81. The molecular formula is C23H28N2O3. The molecule has 0 radical (unpaired) electrons. The van der Waals surface area contributed by atoms with Gasteiger partial charge in [0.2, 0.25) is 5.91 Å². The van der Waals surface area contributed by atoms with Gasteiger partial charge in [0.25, 0.3) is 0 Å². The molecule has 148 valence electrons. The number of carbonyl (C=O) groups excluding carboxylic acids is 1. The summed E-state index contributed by atoms with van der Waals surface area (Å²) in [4.78, 5) is 16.8. The Bertz CT molecular complexity index is 882. The van der Waals surface area contributed by atoms with Crippen LogP contribution in [0.2, 0.25) is 0 Å². The average Bonchev–Trinajstić information content (AvgIpc) is 3.18. The van der Waals surface area contributed by atoms with Crippen molar-refractivity contribution in [1.82, 2.24) is 4.90 Å². The van der Waals surface area contributed by atoms with Crippen molar-refractivity contribution in [2.45, 2.75) is 31.8 Å². The Labute approximate surface area is 166 Å². The van der Waals surface area contributed by atoms with Gasteiger partial charge in [-0.2, -0.15) is 0 Å². The number of nitrogens with zero attached hydrogens (tertiary/aromatic N) is 2. The summed E-state index contributed by atoms with van der Waals surface area (Å²) in [6.45, 7) is 2.78. The summed E-state index contributed by atoms with van der Waals surface area (Å²) in [5.41, 5.74) is 4.49. The maximum absolute atomic E-state index is 12.6. The highest BCUT2D eigenvalue weighted by Crippen LogP contribution is 2.49. The largest absolute Gasteiger partial charge is 0.497 e. The molecule has 2 aliphatic rings. The minimum Gasteiger partial charge on any atom is -0.497 e. The third kappa shape index (κ3) is 2.94. The first-order valence-corrected chi connectivity index (χ1v) is 10.0. The summed E-state index contributed by atoms with van der Waals surface area (Å²) in [5.74, 6) is 1.26. The first kappa shape index (κ1) is 18.8. The fourth-order valence-electron chi connectivity index (χ4n) is 4.92. The summed E-state index contributed by atoms with van der Waals surface area (Å²) in [5, 5.41) is 10.0. The standard InChI is InChI=1S/C23H28N2O3/c1-4-22(27)25-11-10-18-21(14-26)24(2)20-9-8-16(13-19(20)23(18)25)15-6-5-7-17(12-15)28-3/h5-9,12-13,18,21,23,26H,4,10-11,14H2,1-3H3/t18-,21+,23-/m0/s1. The summed E-state index contributed by atoms with van der Waals surface area (Å²) < 4.78 is 5.38. The molecule has 0 unspecified atom stereocenters. The van der Waals surface area contributed by atoms with E-state index in [1.54, 1.807) is 7.11 Å². The molecule has 0 aromatic heterocycles. The van der Waals surface area contributed by atoms with Crippen LogP contribution >= 0.6 is 0 Å². The lowest BCUT2D eigenvalue weighted by Gasteiger charge is -2.44. The van der Waals surface area contributed by atoms with Crippen LogP contribution < -0.4 is 9.64 Å². The van der Waals surface area contributed by atoms with Crippen LogP contribution in [0.15, 0.2) is 42.5 Å². The third-order valence-corrected chi connectivity index (χ3v) is 6.38. The van der Waals surface area contributed by atoms with Crippen LogP contribution in [-0.2, 0) is 4.79 Å². The van der Waals surface area contributed by atoms with Gasteiger partial charge in [0.1, 0.15) is 5.75 Å². The van der Waals surface area contributed by atoms with E-state index in [0.717, 1.165) is 35.5 Å². The molecule has 0 saturated carbocycles. The number of carbonyl (C=O) groups is 1. The molecule has 1 fully saturated rings. The van der Waals surface area contributed by atoms with E-state index in [1.165, 1.54) is 5.56 Å². The van der Waals surface area contributed by atoms with Gasteiger partial charge in [-0.15, -0.1) is 0 Å². The van der Waals surface area contributed by atoms with Crippen molar-refractivity contribution < 1.29 is 14.6 Å². The summed E-state index contributed by atoms with van der Waals surface area (Å²) in [7, 11) is 3.72. The van der Waals surface area contributed by atoms with Crippen LogP contribution in [-0.4, -0.2) is 49.3 Å². The number of amides is 1. The van der Waals surface area contributed by atoms with Crippen LogP contribution in [0.3, 0.4) is 0 Å². The van der Waals surface area contributed by atoms with Gasteiger partial charge in [-0.3, -0.25) is 4.79 Å². The van der Waals surface area contributed by atoms with Gasteiger partial charge >= 0.3 is 0 Å². The van der Waals surface area contributed by atoms with Gasteiger partial charge in [-0.05, 0) is 47.4 Å². The van der Waals surface area contributed by atoms with Gasteiger partial charge in [0.15, 0.2) is 0 Å². The second kappa shape index (κ2) is 7.47. The molecule has 2 aromatic carbocycles. The van der Waals surface area contributed by atoms with Crippen LogP contribution in [0.1, 0.15) is 31.4 Å². The number of aliphatic hydroxyl groups excluding tert-OH is 1. The SMILES string of the molecule is CCC(=O)N1CC[C@@H]2[C@H]1c1cc(-c3cccc(OC)c3)ccc1N(C)[C@@H]2CO. The van der Waals surface area contributed by atoms with Crippen molar-refractivity contribution in [3.63, 3.8) is 0 Å². The van der Waals surface area contributed by atoms with Gasteiger partial charge in [-0.1, -0.05) is 25.1 Å². The van der Waals surface area contributed by atoms with Crippen molar-refractivity contribution in [2.24, 2.45) is 5.92 Å². The van der Waals surface area contributed by atoms with E-state index in [0.29, 0.717) is 6.42 Å². The fourth-order valence-corrected chi connectivity index (χ4v) is 4.92. The van der Waals surface area contributed by atoms with Crippen molar-refractivity contribution in [1.29, 1.82) is 0 Å². The lowest BCUT2D eigenvalue weighted by Crippen LogP contribution is -2.48. The summed E-state index contributed by atoms with van der Waals surface area (Å²) in [6, 6.07) is 14.6. The Balaban J connectivity index is 1.82. The molecule has 0 bridgehead atoms. The molecule has 2 heterocycles. The number of hydrogen-bond acceptors (Lipinski definition) is 4. The predicted octanol–water partition coefficient (Wildman–Crippen LogP) is 3.47. The van der Waals surface area contributed by atoms with Gasteiger partial charge in [-0.25, -0.2) is 0 Å². The molecule has 5 heteroatoms. The number of anilines is 1. The van der Waals surface area contributed by atoms with E-state index in [2.05, 4.69) is 29.2 Å². The van der Waals surface area contributed by atoms with E-state index in [-0.39, 0.29) is 30.5 Å². The second-order valence-corrected chi connectivity index (χ2v) is 7.70. The first-order valence-electron chi connectivity index (χ1n) is 10.0. The molecule has 0 spiro atoms. The maximum Gasteiger partial charge on any atom is 0.222 e. The number of likely N-dealkylation sites (tertiary alicyclic amines) is 1. The maximum atomic E-state index is 12.6. The molecule has 3 atom stereocenters. The minimum absolute atomic E-state index is 0.0290. The monoisotopic (exact) mass is 380 g/mol. The zero-order valence-electron chi connectivity index (χ0n) is 16.8. The Morgan fingerprint density at radius 3 is 2.71 bits per heavy atom. The third-order valence-electron chi connectivity index (χ3n) is 6.38. The second-order valence-electron chi connectivity index (χ2n) is 7.70. The van der Waals surface area contributed by atoms with Crippen LogP contribution in [0.4, 0.5) is 5.69 Å². The van der Waals surface area contributed by atoms with Crippen LogP contribution in [0.25, 0.3) is 11.1 Å². The number of rotatable bonds is 4. The Morgan fingerprint density at radius 2 is 2.00 bits per heavy atom. The molecule has 2 aromatic rings. The zero-order valence-corrected chi connectivity index (χ0v) is 16.8. The summed E-state index contributed by atoms with van der Waals surface area (Å²) >= 11 is 0. The normalized spacial score (nSPS) is 23.4. The molecule has 1 amide bonds. The smallest absolute Gasteiger partial charge is 0.222 e. The molecule has 2 aliphatic heterocycles. The molecular weight excluding hydrogens is 352 g/mol. The number of methoxy groups -OCH3 is 1. The molecule has 5 nitrogen and oxygen atoms in total. The molecule has 28 heavy (non-hydrogen) atoms. The zero-order chi connectivity index (χ0) is 19.8. The number of ether oxygens (including phenoxy) is 1. The van der Waals surface area contributed by atoms with E-state index in [1.807, 2.05) is 37.1 Å². The molecule has 1 N–H and O–H groups in total. The average molecular weight is 380 g/mol. The quantitative estimate of drug-likeness (QED) is 0.882. The van der Waals surface area contributed by atoms with Gasteiger partial charge in [0, 0.05) is 31.6 Å². The van der Waals surface area contributed by atoms with E-state index in [4.69, 9.17) is 4.74 Å². The molecule has 1 saturated heterocycles. The highest BCUT2D eigenvalue weighted by Gasteiger charge is 2.47. The summed E-state index contributed by atoms with van der Waals surface area (Å²) in [6.07, 6.45) is 1.43. The first-order chi connectivity index (χ1) is 13.6. The topological polar surface area (TPSA) is 53.0 Å². The highest BCUT2D eigenvalue weighted by molar-refractivity contribution is 5.79. The van der Waals surface area contributed by atoms with E-state index < -0.39 is 0 Å². The number of hydrogen-bond donors (Lipinski definition) is 1. The van der Waals surface area contributed by atoms with Crippen LogP contribution in [0, 0.1) is 5.92 Å². The Hall–Kier alpha value is -2.53. The Kier molecular flexibility index (Phi) is 5.02. The number of fused-ring (bicyclic) bond motifs is 3. The number of likely N-dealkylation sites (N-methyl/N-ethyl adjacent to an activating group) is 1. The minimum atomic E-state index is 0.0290. The number of aliphatic hydroxyl groups is 1. The van der Waals surface area contributed by atoms with E-state index >= 15 is 0 Å². The predicted molar refractivity (Wildman–Crippen MR) is 111 cm³/mol. The van der Waals surface area contributed by atoms with Crippen LogP contribution in [0.5, 0.6) is 5.75 Å². The van der Waals surface area contributed by atoms with Crippen molar-refractivity contribution in [3.8, 4) is 16.9 Å². The van der Waals surface area contributed by atoms with Gasteiger partial charge < -0.3 is 19.6 Å². The molecule has 4 rings (SSSR count). The lowest BCUT2D eigenvalue weighted by molar-refractivity contribution is -0.132. The van der Waals surface area contributed by atoms with Crippen molar-refractivity contribution in [3.05, 3.63) is 48.0 Å². The number of benzene rings is 2. The fraction of sp³-hybridized carbons (Fsp3) is 0.435. The highest BCUT2D eigenvalue weighted by atomic mass is 16.5. The van der Waals surface area contributed by atoms with E-state index in [9.17, 15) is 9.90 Å².